The summed E-state index contributed by atoms with van der Waals surface area (Å²) in [5, 5.41) is 4.48. The summed E-state index contributed by atoms with van der Waals surface area (Å²) in [6.07, 6.45) is 3.90. The molecule has 1 N–H and O–H groups in total. The van der Waals surface area contributed by atoms with Gasteiger partial charge in [0.1, 0.15) is 0 Å². The van der Waals surface area contributed by atoms with Crippen molar-refractivity contribution in [3.63, 3.8) is 0 Å². The summed E-state index contributed by atoms with van der Waals surface area (Å²) in [6.45, 7) is 10.4. The standard InChI is InChI=1S/C17H27ClN2/c1-4-9-20-10-5-6-15(12-20)14(3)19-17-11-16(18)8-7-13(17)2/h7-8,11,14-15,19H,4-6,9-10,12H2,1-3H3. The highest BCUT2D eigenvalue weighted by atomic mass is 35.5. The Balaban J connectivity index is 1.96. The monoisotopic (exact) mass is 294 g/mol. The number of nitrogens with one attached hydrogen (secondary N) is 1. The molecule has 20 heavy (non-hydrogen) atoms. The molecule has 2 rings (SSSR count). The van der Waals surface area contributed by atoms with E-state index in [2.05, 4.69) is 37.1 Å². The third-order valence-corrected chi connectivity index (χ3v) is 4.61. The summed E-state index contributed by atoms with van der Waals surface area (Å²) >= 11 is 6.10. The van der Waals surface area contributed by atoms with Crippen LogP contribution in [0.5, 0.6) is 0 Å². The minimum Gasteiger partial charge on any atom is -0.382 e. The number of hydrogen-bond acceptors (Lipinski definition) is 2. The molecule has 1 saturated heterocycles. The van der Waals surface area contributed by atoms with E-state index in [4.69, 9.17) is 11.6 Å². The van der Waals surface area contributed by atoms with Gasteiger partial charge in [-0.3, -0.25) is 0 Å². The molecule has 0 bridgehead atoms. The topological polar surface area (TPSA) is 15.3 Å². The molecule has 0 spiro atoms. The van der Waals surface area contributed by atoms with Gasteiger partial charge >= 0.3 is 0 Å². The minimum absolute atomic E-state index is 0.492. The first-order valence-electron chi connectivity index (χ1n) is 7.85. The lowest BCUT2D eigenvalue weighted by molar-refractivity contribution is 0.165. The number of halogens is 1. The molecule has 0 aliphatic carbocycles. The lowest BCUT2D eigenvalue weighted by atomic mass is 9.91. The number of aryl methyl sites for hydroxylation is 1. The van der Waals surface area contributed by atoms with E-state index in [0.717, 1.165) is 10.9 Å². The van der Waals surface area contributed by atoms with Crippen LogP contribution in [0.1, 0.15) is 38.7 Å². The highest BCUT2D eigenvalue weighted by molar-refractivity contribution is 6.30. The van der Waals surface area contributed by atoms with Crippen molar-refractivity contribution in [2.24, 2.45) is 5.92 Å². The van der Waals surface area contributed by atoms with E-state index in [9.17, 15) is 0 Å². The molecule has 1 aromatic carbocycles. The molecule has 1 aliphatic heterocycles. The van der Waals surface area contributed by atoms with E-state index < -0.39 is 0 Å². The summed E-state index contributed by atoms with van der Waals surface area (Å²) in [6, 6.07) is 6.57. The average Bonchev–Trinajstić information content (AvgIpc) is 2.43. The SMILES string of the molecule is CCCN1CCCC(C(C)Nc2cc(Cl)ccc2C)C1. The molecule has 2 unspecified atom stereocenters. The Labute approximate surface area is 128 Å². The molecule has 0 aromatic heterocycles. The summed E-state index contributed by atoms with van der Waals surface area (Å²) < 4.78 is 0. The molecule has 0 saturated carbocycles. The van der Waals surface area contributed by atoms with Gasteiger partial charge in [0, 0.05) is 23.3 Å². The minimum atomic E-state index is 0.492. The van der Waals surface area contributed by atoms with Gasteiger partial charge < -0.3 is 10.2 Å². The molecule has 1 aliphatic rings. The van der Waals surface area contributed by atoms with Gasteiger partial charge in [-0.1, -0.05) is 24.6 Å². The molecule has 0 amide bonds. The Bertz CT molecular complexity index is 431. The summed E-state index contributed by atoms with van der Waals surface area (Å²) in [4.78, 5) is 2.61. The third-order valence-electron chi connectivity index (χ3n) is 4.37. The van der Waals surface area contributed by atoms with Crippen LogP contribution in [-0.4, -0.2) is 30.6 Å². The van der Waals surface area contributed by atoms with Crippen molar-refractivity contribution in [1.29, 1.82) is 0 Å². The maximum Gasteiger partial charge on any atom is 0.0426 e. The van der Waals surface area contributed by atoms with Crippen LogP contribution in [0, 0.1) is 12.8 Å². The molecule has 0 radical (unpaired) electrons. The second-order valence-corrected chi connectivity index (χ2v) is 6.53. The van der Waals surface area contributed by atoms with Crippen LogP contribution >= 0.6 is 11.6 Å². The zero-order valence-electron chi connectivity index (χ0n) is 13.0. The van der Waals surface area contributed by atoms with E-state index in [1.807, 2.05) is 12.1 Å². The largest absolute Gasteiger partial charge is 0.382 e. The molecule has 2 atom stereocenters. The molecule has 112 valence electrons. The lowest BCUT2D eigenvalue weighted by Crippen LogP contribution is -2.42. The first kappa shape index (κ1) is 15.7. The highest BCUT2D eigenvalue weighted by Gasteiger charge is 2.24. The van der Waals surface area contributed by atoms with Gasteiger partial charge in [-0.15, -0.1) is 0 Å². The van der Waals surface area contributed by atoms with Crippen LogP contribution in [0.15, 0.2) is 18.2 Å². The van der Waals surface area contributed by atoms with Crippen molar-refractivity contribution in [2.75, 3.05) is 25.0 Å². The maximum atomic E-state index is 6.10. The van der Waals surface area contributed by atoms with Gasteiger partial charge in [0.2, 0.25) is 0 Å². The normalized spacial score (nSPS) is 21.7. The zero-order chi connectivity index (χ0) is 14.5. The van der Waals surface area contributed by atoms with E-state index >= 15 is 0 Å². The van der Waals surface area contributed by atoms with Gasteiger partial charge in [0.25, 0.3) is 0 Å². The first-order valence-corrected chi connectivity index (χ1v) is 8.23. The molecule has 2 nitrogen and oxygen atoms in total. The van der Waals surface area contributed by atoms with E-state index in [0.29, 0.717) is 6.04 Å². The lowest BCUT2D eigenvalue weighted by Gasteiger charge is -2.36. The Kier molecular flexibility index (Phi) is 5.74. The van der Waals surface area contributed by atoms with Crippen molar-refractivity contribution in [2.45, 2.75) is 46.1 Å². The molecular weight excluding hydrogens is 268 g/mol. The quantitative estimate of drug-likeness (QED) is 0.856. The van der Waals surface area contributed by atoms with E-state index in [-0.39, 0.29) is 0 Å². The number of likely N-dealkylation sites (tertiary alicyclic amines) is 1. The van der Waals surface area contributed by atoms with Crippen molar-refractivity contribution in [3.05, 3.63) is 28.8 Å². The zero-order valence-corrected chi connectivity index (χ0v) is 13.7. The number of hydrogen-bond donors (Lipinski definition) is 1. The second-order valence-electron chi connectivity index (χ2n) is 6.10. The fourth-order valence-corrected chi connectivity index (χ4v) is 3.30. The fraction of sp³-hybridized carbons (Fsp3) is 0.647. The van der Waals surface area contributed by atoms with Crippen LogP contribution in [0.3, 0.4) is 0 Å². The van der Waals surface area contributed by atoms with Gasteiger partial charge in [-0.2, -0.15) is 0 Å². The maximum absolute atomic E-state index is 6.10. The second kappa shape index (κ2) is 7.33. The molecular formula is C17H27ClN2. The fourth-order valence-electron chi connectivity index (χ4n) is 3.13. The Morgan fingerprint density at radius 1 is 1.45 bits per heavy atom. The Morgan fingerprint density at radius 2 is 2.25 bits per heavy atom. The molecule has 3 heteroatoms. The Morgan fingerprint density at radius 3 is 3.00 bits per heavy atom. The predicted molar refractivity (Wildman–Crippen MR) is 88.7 cm³/mol. The number of nitrogens with zero attached hydrogens (tertiary/aromatic N) is 1. The first-order chi connectivity index (χ1) is 9.60. The van der Waals surface area contributed by atoms with Crippen LogP contribution in [-0.2, 0) is 0 Å². The summed E-state index contributed by atoms with van der Waals surface area (Å²) in [7, 11) is 0. The Hall–Kier alpha value is -0.730. The van der Waals surface area contributed by atoms with Crippen molar-refractivity contribution in [3.8, 4) is 0 Å². The van der Waals surface area contributed by atoms with Crippen molar-refractivity contribution in [1.82, 2.24) is 4.90 Å². The van der Waals surface area contributed by atoms with Crippen LogP contribution in [0.4, 0.5) is 5.69 Å². The number of anilines is 1. The average molecular weight is 295 g/mol. The van der Waals surface area contributed by atoms with Crippen LogP contribution in [0.25, 0.3) is 0 Å². The van der Waals surface area contributed by atoms with Crippen molar-refractivity contribution < 1.29 is 0 Å². The highest BCUT2D eigenvalue weighted by Crippen LogP contribution is 2.25. The van der Waals surface area contributed by atoms with Gasteiger partial charge in [-0.25, -0.2) is 0 Å². The van der Waals surface area contributed by atoms with Crippen LogP contribution < -0.4 is 5.32 Å². The number of piperidine rings is 1. The van der Waals surface area contributed by atoms with E-state index in [1.54, 1.807) is 0 Å². The number of rotatable bonds is 5. The third kappa shape index (κ3) is 4.13. The number of benzene rings is 1. The van der Waals surface area contributed by atoms with Crippen LogP contribution in [0.2, 0.25) is 5.02 Å². The molecule has 1 heterocycles. The van der Waals surface area contributed by atoms with Crippen molar-refractivity contribution >= 4 is 17.3 Å². The van der Waals surface area contributed by atoms with E-state index in [1.165, 1.54) is 50.1 Å². The molecule has 1 aromatic rings. The smallest absolute Gasteiger partial charge is 0.0426 e. The molecule has 1 fully saturated rings. The predicted octanol–water partition coefficient (Wildman–Crippen LogP) is 4.57. The summed E-state index contributed by atoms with van der Waals surface area (Å²) in [5.74, 6) is 0.730. The van der Waals surface area contributed by atoms with Gasteiger partial charge in [-0.05, 0) is 69.8 Å². The summed E-state index contributed by atoms with van der Waals surface area (Å²) in [5.41, 5.74) is 2.44. The van der Waals surface area contributed by atoms with Gasteiger partial charge in [0.05, 0.1) is 0 Å². The van der Waals surface area contributed by atoms with Gasteiger partial charge in [0.15, 0.2) is 0 Å².